The Morgan fingerprint density at radius 1 is 1.08 bits per heavy atom. The molecular weight excluding hydrogens is 520 g/mol. The van der Waals surface area contributed by atoms with Crippen LogP contribution in [0, 0.1) is 0 Å². The lowest BCUT2D eigenvalue weighted by Crippen LogP contribution is -2.30. The third kappa shape index (κ3) is 5.36. The summed E-state index contributed by atoms with van der Waals surface area (Å²) in [5.41, 5.74) is 0.892. The van der Waals surface area contributed by atoms with Gasteiger partial charge >= 0.3 is 6.09 Å². The van der Waals surface area contributed by atoms with Crippen LogP contribution in [0.4, 0.5) is 4.79 Å². The number of ether oxygens (including phenoxy) is 1. The SMILES string of the molecule is O=C(NCc1nnc(C2CCCN2S(=O)(=O)c2ccc3ccc(Cl)cc3c2)s1)OCc1ccccc1. The predicted octanol–water partition coefficient (Wildman–Crippen LogP) is 5.30. The molecule has 1 atom stereocenters. The second kappa shape index (κ2) is 10.5. The molecule has 1 amide bonds. The molecule has 1 aliphatic heterocycles. The van der Waals surface area contributed by atoms with E-state index in [-0.39, 0.29) is 18.0 Å². The summed E-state index contributed by atoms with van der Waals surface area (Å²) in [4.78, 5) is 12.3. The van der Waals surface area contributed by atoms with E-state index in [0.717, 1.165) is 22.8 Å². The number of hydrogen-bond acceptors (Lipinski definition) is 7. The Morgan fingerprint density at radius 2 is 1.89 bits per heavy atom. The largest absolute Gasteiger partial charge is 0.445 e. The second-order valence-electron chi connectivity index (χ2n) is 8.38. The highest BCUT2D eigenvalue weighted by molar-refractivity contribution is 7.89. The molecule has 0 spiro atoms. The highest BCUT2D eigenvalue weighted by Gasteiger charge is 2.38. The van der Waals surface area contributed by atoms with E-state index in [4.69, 9.17) is 16.3 Å². The number of carbonyl (C=O) groups is 1. The molecule has 2 heterocycles. The van der Waals surface area contributed by atoms with Gasteiger partial charge in [0.25, 0.3) is 0 Å². The van der Waals surface area contributed by atoms with Crippen LogP contribution in [0.2, 0.25) is 5.02 Å². The van der Waals surface area contributed by atoms with Crippen LogP contribution < -0.4 is 5.32 Å². The zero-order valence-electron chi connectivity index (χ0n) is 19.1. The minimum Gasteiger partial charge on any atom is -0.445 e. The molecule has 5 rings (SSSR count). The number of carbonyl (C=O) groups excluding carboxylic acids is 1. The Labute approximate surface area is 217 Å². The fourth-order valence-corrected chi connectivity index (χ4v) is 7.03. The molecule has 4 aromatic rings. The first-order chi connectivity index (χ1) is 17.4. The van der Waals surface area contributed by atoms with Gasteiger partial charge in [-0.15, -0.1) is 10.2 Å². The quantitative estimate of drug-likeness (QED) is 0.340. The van der Waals surface area contributed by atoms with Crippen LogP contribution in [-0.2, 0) is 27.9 Å². The molecule has 0 saturated carbocycles. The Balaban J connectivity index is 1.25. The van der Waals surface area contributed by atoms with Gasteiger partial charge in [0.1, 0.15) is 16.6 Å². The van der Waals surface area contributed by atoms with E-state index in [1.807, 2.05) is 36.4 Å². The number of aromatic nitrogens is 2. The van der Waals surface area contributed by atoms with Gasteiger partial charge in [0.2, 0.25) is 10.0 Å². The molecule has 8 nitrogen and oxygen atoms in total. The highest BCUT2D eigenvalue weighted by Crippen LogP contribution is 2.38. The van der Waals surface area contributed by atoms with Crippen LogP contribution in [0.25, 0.3) is 10.8 Å². The normalized spacial score (nSPS) is 16.3. The lowest BCUT2D eigenvalue weighted by Gasteiger charge is -2.22. The first-order valence-electron chi connectivity index (χ1n) is 11.4. The maximum absolute atomic E-state index is 13.5. The molecule has 1 N–H and O–H groups in total. The molecule has 11 heteroatoms. The summed E-state index contributed by atoms with van der Waals surface area (Å²) in [5, 5.41) is 14.5. The fraction of sp³-hybridized carbons (Fsp3) is 0.240. The number of fused-ring (bicyclic) bond motifs is 1. The van der Waals surface area contributed by atoms with Gasteiger partial charge in [-0.3, -0.25) is 0 Å². The van der Waals surface area contributed by atoms with Crippen LogP contribution >= 0.6 is 22.9 Å². The topological polar surface area (TPSA) is 101 Å². The molecule has 36 heavy (non-hydrogen) atoms. The number of halogens is 1. The highest BCUT2D eigenvalue weighted by atomic mass is 35.5. The zero-order chi connectivity index (χ0) is 25.1. The number of nitrogens with one attached hydrogen (secondary N) is 1. The monoisotopic (exact) mass is 542 g/mol. The Bertz CT molecular complexity index is 1490. The van der Waals surface area contributed by atoms with E-state index in [9.17, 15) is 13.2 Å². The van der Waals surface area contributed by atoms with Crippen molar-refractivity contribution in [3.63, 3.8) is 0 Å². The fourth-order valence-electron chi connectivity index (χ4n) is 4.16. The van der Waals surface area contributed by atoms with E-state index < -0.39 is 22.2 Å². The van der Waals surface area contributed by atoms with Gasteiger partial charge in [0.15, 0.2) is 0 Å². The van der Waals surface area contributed by atoms with E-state index in [1.165, 1.54) is 15.6 Å². The van der Waals surface area contributed by atoms with Crippen molar-refractivity contribution in [2.24, 2.45) is 0 Å². The van der Waals surface area contributed by atoms with Crippen molar-refractivity contribution in [3.05, 3.63) is 87.3 Å². The van der Waals surface area contributed by atoms with Crippen LogP contribution in [0.1, 0.15) is 34.5 Å². The summed E-state index contributed by atoms with van der Waals surface area (Å²) in [6.45, 7) is 0.722. The molecule has 1 saturated heterocycles. The van der Waals surface area contributed by atoms with Crippen molar-refractivity contribution in [2.75, 3.05) is 6.54 Å². The van der Waals surface area contributed by atoms with Crippen molar-refractivity contribution < 1.29 is 17.9 Å². The van der Waals surface area contributed by atoms with Crippen LogP contribution in [0.5, 0.6) is 0 Å². The number of alkyl carbamates (subject to hydrolysis) is 1. The number of amides is 1. The van der Waals surface area contributed by atoms with Crippen molar-refractivity contribution in [1.82, 2.24) is 19.8 Å². The van der Waals surface area contributed by atoms with Gasteiger partial charge in [-0.05, 0) is 53.4 Å². The first-order valence-corrected chi connectivity index (χ1v) is 14.0. The Hall–Kier alpha value is -3.05. The molecule has 3 aromatic carbocycles. The average Bonchev–Trinajstić information content (AvgIpc) is 3.56. The summed E-state index contributed by atoms with van der Waals surface area (Å²) >= 11 is 7.39. The summed E-state index contributed by atoms with van der Waals surface area (Å²) in [7, 11) is -3.75. The minimum atomic E-state index is -3.75. The number of sulfonamides is 1. The number of rotatable bonds is 7. The van der Waals surface area contributed by atoms with Gasteiger partial charge in [0, 0.05) is 11.6 Å². The van der Waals surface area contributed by atoms with Crippen LogP contribution in [-0.4, -0.2) is 35.6 Å². The summed E-state index contributed by atoms with van der Waals surface area (Å²) < 4.78 is 33.8. The summed E-state index contributed by atoms with van der Waals surface area (Å²) in [5.74, 6) is 0. The molecule has 0 bridgehead atoms. The van der Waals surface area contributed by atoms with E-state index in [0.29, 0.717) is 28.0 Å². The first kappa shape index (κ1) is 24.6. The zero-order valence-corrected chi connectivity index (χ0v) is 21.5. The maximum Gasteiger partial charge on any atom is 0.407 e. The van der Waals surface area contributed by atoms with E-state index in [2.05, 4.69) is 15.5 Å². The molecule has 1 aliphatic rings. The van der Waals surface area contributed by atoms with Gasteiger partial charge in [-0.1, -0.05) is 65.4 Å². The molecule has 1 fully saturated rings. The van der Waals surface area contributed by atoms with Gasteiger partial charge < -0.3 is 10.1 Å². The molecule has 1 unspecified atom stereocenters. The number of nitrogens with zero attached hydrogens (tertiary/aromatic N) is 3. The van der Waals surface area contributed by atoms with E-state index >= 15 is 0 Å². The molecule has 0 aliphatic carbocycles. The Morgan fingerprint density at radius 3 is 2.72 bits per heavy atom. The second-order valence-corrected chi connectivity index (χ2v) is 11.8. The van der Waals surface area contributed by atoms with Crippen molar-refractivity contribution in [3.8, 4) is 0 Å². The van der Waals surface area contributed by atoms with Crippen LogP contribution in [0.15, 0.2) is 71.6 Å². The molecular formula is C25H23ClN4O4S2. The third-order valence-electron chi connectivity index (χ3n) is 5.95. The van der Waals surface area contributed by atoms with Crippen molar-refractivity contribution in [1.29, 1.82) is 0 Å². The molecule has 186 valence electrons. The number of hydrogen-bond donors (Lipinski definition) is 1. The summed E-state index contributed by atoms with van der Waals surface area (Å²) in [6, 6.07) is 19.5. The molecule has 1 aromatic heterocycles. The minimum absolute atomic E-state index is 0.149. The van der Waals surface area contributed by atoms with Gasteiger partial charge in [-0.25, -0.2) is 13.2 Å². The summed E-state index contributed by atoms with van der Waals surface area (Å²) in [6.07, 6.45) is 0.819. The Kier molecular flexibility index (Phi) is 7.20. The van der Waals surface area contributed by atoms with Gasteiger partial charge in [-0.2, -0.15) is 4.31 Å². The van der Waals surface area contributed by atoms with Crippen LogP contribution in [0.3, 0.4) is 0 Å². The smallest absolute Gasteiger partial charge is 0.407 e. The lowest BCUT2D eigenvalue weighted by atomic mass is 10.1. The predicted molar refractivity (Wildman–Crippen MR) is 138 cm³/mol. The average molecular weight is 543 g/mol. The molecule has 0 radical (unpaired) electrons. The van der Waals surface area contributed by atoms with Crippen molar-refractivity contribution >= 4 is 49.8 Å². The maximum atomic E-state index is 13.5. The number of benzene rings is 3. The third-order valence-corrected chi connectivity index (χ3v) is 9.11. The van der Waals surface area contributed by atoms with Crippen molar-refractivity contribution in [2.45, 2.75) is 36.9 Å². The standard InChI is InChI=1S/C25H23ClN4O4S2/c26-20-10-8-18-9-11-21(14-19(18)13-20)36(32,33)30-12-4-7-22(30)24-29-28-23(35-24)15-27-25(31)34-16-17-5-2-1-3-6-17/h1-3,5-6,8-11,13-14,22H,4,7,12,15-16H2,(H,27,31). The van der Waals surface area contributed by atoms with E-state index in [1.54, 1.807) is 30.3 Å². The lowest BCUT2D eigenvalue weighted by molar-refractivity contribution is 0.139. The van der Waals surface area contributed by atoms with Gasteiger partial charge in [0.05, 0.1) is 17.5 Å².